The van der Waals surface area contributed by atoms with Crippen molar-refractivity contribution in [1.29, 1.82) is 0 Å². The second kappa shape index (κ2) is 4.37. The van der Waals surface area contributed by atoms with Crippen molar-refractivity contribution in [2.75, 3.05) is 0 Å². The number of hydrogen-bond donors (Lipinski definition) is 0. The van der Waals surface area contributed by atoms with Crippen LogP contribution in [0.1, 0.15) is 33.5 Å². The lowest BCUT2D eigenvalue weighted by Crippen LogP contribution is -1.72. The molecule has 0 N–H and O–H groups in total. The fraction of sp³-hybridized carbons (Fsp3) is 0.556. The second-order valence-corrected chi connectivity index (χ2v) is 2.33. The molecule has 0 fully saturated rings. The highest BCUT2D eigenvalue weighted by Crippen LogP contribution is 2.06. The van der Waals surface area contributed by atoms with Crippen molar-refractivity contribution >= 4 is 0 Å². The first kappa shape index (κ1) is 5.28. The molecule has 9 heavy (non-hydrogen) atoms. The summed E-state index contributed by atoms with van der Waals surface area (Å²) in [6, 6.07) is 0. The highest BCUT2D eigenvalue weighted by Gasteiger charge is 1.86. The third kappa shape index (κ3) is 3.12. The monoisotopic (exact) mass is 123 g/mol. The van der Waals surface area contributed by atoms with Crippen molar-refractivity contribution in [3.63, 3.8) is 0 Å². The molecule has 1 aliphatic carbocycles. The van der Waals surface area contributed by atoms with E-state index < -0.39 is 0 Å². The van der Waals surface area contributed by atoms with Gasteiger partial charge in [-0.25, -0.2) is 0 Å². The summed E-state index contributed by atoms with van der Waals surface area (Å²) in [4.78, 5) is 0. The van der Waals surface area contributed by atoms with Gasteiger partial charge in [0, 0.05) is 1.37 Å². The van der Waals surface area contributed by atoms with E-state index in [1.165, 1.54) is 19.3 Å². The summed E-state index contributed by atoms with van der Waals surface area (Å²) in [5.41, 5.74) is 0. The Kier molecular flexibility index (Phi) is 2.56. The molecule has 0 aromatic carbocycles. The van der Waals surface area contributed by atoms with Gasteiger partial charge < -0.3 is 0 Å². The molecule has 1 unspecified atom stereocenters. The van der Waals surface area contributed by atoms with E-state index in [0.717, 1.165) is 6.42 Å². The van der Waals surface area contributed by atoms with Crippen LogP contribution in [0.4, 0.5) is 0 Å². The Morgan fingerprint density at radius 1 is 1.00 bits per heavy atom. The van der Waals surface area contributed by atoms with Crippen molar-refractivity contribution in [3.8, 4) is 0 Å². The summed E-state index contributed by atoms with van der Waals surface area (Å²) < 4.78 is 7.49. The normalized spacial score (nSPS) is 37.3. The van der Waals surface area contributed by atoms with E-state index >= 15 is 0 Å². The highest BCUT2D eigenvalue weighted by atomic mass is 13.9. The van der Waals surface area contributed by atoms with E-state index in [9.17, 15) is 0 Å². The maximum absolute atomic E-state index is 7.49. The van der Waals surface area contributed by atoms with Crippen LogP contribution < -0.4 is 0 Å². The molecule has 0 radical (unpaired) electrons. The third-order valence-corrected chi connectivity index (χ3v) is 1.49. The number of rotatable bonds is 0. The topological polar surface area (TPSA) is 0 Å². The average Bonchev–Trinajstić information content (AvgIpc) is 2.02. The molecule has 0 nitrogen and oxygen atoms in total. The van der Waals surface area contributed by atoms with Gasteiger partial charge in [-0.05, 0) is 25.7 Å². The van der Waals surface area contributed by atoms with Crippen LogP contribution in [0, 0.1) is 0 Å². The molecular weight excluding hydrogens is 108 g/mol. The molecule has 0 aromatic heterocycles. The number of hydrogen-bond acceptors (Lipinski definition) is 0. The van der Waals surface area contributed by atoms with Crippen molar-refractivity contribution in [2.24, 2.45) is 0 Å². The lowest BCUT2D eigenvalue weighted by molar-refractivity contribution is 0.698. The maximum Gasteiger partial charge on any atom is 0.0310 e. The maximum atomic E-state index is 7.49. The predicted molar refractivity (Wildman–Crippen MR) is 41.4 cm³/mol. The Balaban J connectivity index is 2.40. The Morgan fingerprint density at radius 3 is 2.89 bits per heavy atom. The van der Waals surface area contributed by atoms with Crippen molar-refractivity contribution < 1.29 is 1.37 Å². The van der Waals surface area contributed by atoms with Gasteiger partial charge >= 0.3 is 0 Å². The third-order valence-electron chi connectivity index (χ3n) is 1.49. The Hall–Kier alpha value is -0.520. The van der Waals surface area contributed by atoms with Crippen LogP contribution in [0.25, 0.3) is 0 Å². The minimum absolute atomic E-state index is 0.0303. The quantitative estimate of drug-likeness (QED) is 0.464. The zero-order valence-electron chi connectivity index (χ0n) is 6.72. The first-order chi connectivity index (χ1) is 4.89. The van der Waals surface area contributed by atoms with Crippen molar-refractivity contribution in [2.45, 2.75) is 32.1 Å². The molecule has 0 heteroatoms. The fourth-order valence-electron chi connectivity index (χ4n) is 0.938. The van der Waals surface area contributed by atoms with Crippen LogP contribution in [-0.2, 0) is 0 Å². The largest absolute Gasteiger partial charge is 0.0845 e. The van der Waals surface area contributed by atoms with Crippen LogP contribution in [0.5, 0.6) is 0 Å². The van der Waals surface area contributed by atoms with Crippen molar-refractivity contribution in [3.05, 3.63) is 24.3 Å². The molecule has 50 valence electrons. The minimum Gasteiger partial charge on any atom is -0.0845 e. The van der Waals surface area contributed by atoms with Crippen LogP contribution in [0.15, 0.2) is 24.3 Å². The van der Waals surface area contributed by atoms with E-state index in [0.29, 0.717) is 0 Å². The molecule has 0 aliphatic heterocycles. The van der Waals surface area contributed by atoms with Gasteiger partial charge in [0.05, 0.1) is 0 Å². The van der Waals surface area contributed by atoms with E-state index in [4.69, 9.17) is 1.37 Å². The minimum atomic E-state index is 0.0303. The SMILES string of the molecule is [2H]C1/C=C\C=C/CCCC1. The Morgan fingerprint density at radius 2 is 1.89 bits per heavy atom. The number of allylic oxidation sites excluding steroid dienone is 4. The van der Waals surface area contributed by atoms with E-state index in [2.05, 4.69) is 6.08 Å². The molecule has 0 saturated heterocycles. The van der Waals surface area contributed by atoms with Crippen LogP contribution in [0.3, 0.4) is 0 Å². The molecule has 0 bridgehead atoms. The van der Waals surface area contributed by atoms with Gasteiger partial charge in [-0.3, -0.25) is 0 Å². The average molecular weight is 123 g/mol. The fourth-order valence-corrected chi connectivity index (χ4v) is 0.938. The summed E-state index contributed by atoms with van der Waals surface area (Å²) in [5.74, 6) is 0. The van der Waals surface area contributed by atoms with Crippen LogP contribution in [-0.4, -0.2) is 0 Å². The van der Waals surface area contributed by atoms with E-state index in [-0.39, 0.29) is 6.40 Å². The van der Waals surface area contributed by atoms with Crippen LogP contribution in [0.2, 0.25) is 0 Å². The molecule has 0 spiro atoms. The molecule has 1 atom stereocenters. The molecule has 0 saturated carbocycles. The molecule has 1 aliphatic rings. The second-order valence-electron chi connectivity index (χ2n) is 2.33. The summed E-state index contributed by atoms with van der Waals surface area (Å²) >= 11 is 0. The van der Waals surface area contributed by atoms with Gasteiger partial charge in [-0.1, -0.05) is 30.7 Å². The lowest BCUT2D eigenvalue weighted by atomic mass is 10.1. The molecule has 0 heterocycles. The van der Waals surface area contributed by atoms with Gasteiger partial charge in [0.1, 0.15) is 0 Å². The zero-order valence-corrected chi connectivity index (χ0v) is 5.72. The highest BCUT2D eigenvalue weighted by molar-refractivity contribution is 5.02. The van der Waals surface area contributed by atoms with Gasteiger partial charge in [0.2, 0.25) is 0 Å². The summed E-state index contributed by atoms with van der Waals surface area (Å²) in [6.07, 6.45) is 12.8. The summed E-state index contributed by atoms with van der Waals surface area (Å²) in [5, 5.41) is 0. The summed E-state index contributed by atoms with van der Waals surface area (Å²) in [6.45, 7) is 0. The standard InChI is InChI=1S/C9H14/c1-2-4-6-8-9-7-5-3-1/h1-4H,5-9H2/b3-1-,4-2-/i5D. The van der Waals surface area contributed by atoms with E-state index in [1.54, 1.807) is 0 Å². The molecule has 0 amide bonds. The van der Waals surface area contributed by atoms with Gasteiger partial charge in [0.25, 0.3) is 0 Å². The Bertz CT molecular complexity index is 136. The van der Waals surface area contributed by atoms with Gasteiger partial charge in [-0.15, -0.1) is 0 Å². The first-order valence-electron chi connectivity index (χ1n) is 4.23. The smallest absolute Gasteiger partial charge is 0.0310 e. The lowest BCUT2D eigenvalue weighted by Gasteiger charge is -1.91. The predicted octanol–water partition coefficient (Wildman–Crippen LogP) is 3.06. The van der Waals surface area contributed by atoms with Gasteiger partial charge in [-0.2, -0.15) is 0 Å². The zero-order chi connectivity index (χ0) is 7.23. The van der Waals surface area contributed by atoms with E-state index in [1.807, 2.05) is 18.2 Å². The molecule has 1 rings (SSSR count). The summed E-state index contributed by atoms with van der Waals surface area (Å²) in [7, 11) is 0. The molecule has 0 aromatic rings. The van der Waals surface area contributed by atoms with Gasteiger partial charge in [0.15, 0.2) is 0 Å². The molecular formula is C9H14. The van der Waals surface area contributed by atoms with Crippen LogP contribution >= 0.6 is 0 Å². The first-order valence-corrected chi connectivity index (χ1v) is 3.65. The Labute approximate surface area is 58.7 Å². The van der Waals surface area contributed by atoms with Crippen molar-refractivity contribution in [1.82, 2.24) is 0 Å².